The molecule has 4 nitrogen and oxygen atoms in total. The Morgan fingerprint density at radius 2 is 1.89 bits per heavy atom. The molecule has 0 amide bonds. The smallest absolute Gasteiger partial charge is 0.150 e. The molecule has 2 aromatic heterocycles. The van der Waals surface area contributed by atoms with E-state index < -0.39 is 0 Å². The van der Waals surface area contributed by atoms with Crippen molar-refractivity contribution in [2.75, 3.05) is 5.32 Å². The van der Waals surface area contributed by atoms with Crippen molar-refractivity contribution < 1.29 is 0 Å². The van der Waals surface area contributed by atoms with Gasteiger partial charge in [-0.05, 0) is 47.3 Å². The molecule has 2 aromatic rings. The fraction of sp³-hybridized carbons (Fsp3) is 0.308. The van der Waals surface area contributed by atoms with Crippen LogP contribution in [0.5, 0.6) is 0 Å². The normalized spacial score (nSPS) is 14.6. The minimum atomic E-state index is 0.639. The van der Waals surface area contributed by atoms with Gasteiger partial charge in [-0.3, -0.25) is 4.98 Å². The van der Waals surface area contributed by atoms with Crippen LogP contribution >= 0.6 is 15.9 Å². The maximum Gasteiger partial charge on any atom is 0.150 e. The molecule has 0 aromatic carbocycles. The van der Waals surface area contributed by atoms with Gasteiger partial charge in [0.15, 0.2) is 0 Å². The number of nitrogens with zero attached hydrogens (tertiary/aromatic N) is 3. The van der Waals surface area contributed by atoms with Gasteiger partial charge in [-0.1, -0.05) is 0 Å². The fourth-order valence-corrected chi connectivity index (χ4v) is 1.95. The number of nitrogens with one attached hydrogen (secondary N) is 1. The maximum absolute atomic E-state index is 4.41. The third-order valence-electron chi connectivity index (χ3n) is 2.97. The summed E-state index contributed by atoms with van der Waals surface area (Å²) in [6, 6.07) is 1.97. The second kappa shape index (κ2) is 4.65. The van der Waals surface area contributed by atoms with Crippen LogP contribution in [0, 0.1) is 6.92 Å². The van der Waals surface area contributed by atoms with Crippen molar-refractivity contribution in [3.63, 3.8) is 0 Å². The van der Waals surface area contributed by atoms with E-state index in [1.54, 1.807) is 12.4 Å². The number of anilines is 2. The van der Waals surface area contributed by atoms with Crippen molar-refractivity contribution in [2.24, 2.45) is 0 Å². The predicted molar refractivity (Wildman–Crippen MR) is 74.0 cm³/mol. The number of rotatable bonds is 3. The number of aryl methyl sites for hydroxylation is 1. The molecule has 92 valence electrons. The topological polar surface area (TPSA) is 50.7 Å². The summed E-state index contributed by atoms with van der Waals surface area (Å²) in [5.74, 6) is 2.15. The standard InChI is InChI=1S/C13H13BrN4/c1-8-4-12(16-5-10(8)14)18-13-7-15-11(6-17-13)9-2-3-9/h4-7,9H,2-3H2,1H3,(H,16,17,18). The van der Waals surface area contributed by atoms with E-state index in [-0.39, 0.29) is 0 Å². The Morgan fingerprint density at radius 1 is 1.11 bits per heavy atom. The van der Waals surface area contributed by atoms with Gasteiger partial charge in [0.05, 0.1) is 18.1 Å². The van der Waals surface area contributed by atoms with Gasteiger partial charge in [0.25, 0.3) is 0 Å². The van der Waals surface area contributed by atoms with E-state index in [9.17, 15) is 0 Å². The van der Waals surface area contributed by atoms with E-state index >= 15 is 0 Å². The molecule has 0 aliphatic heterocycles. The Hall–Kier alpha value is -1.49. The van der Waals surface area contributed by atoms with E-state index in [2.05, 4.69) is 36.2 Å². The number of hydrogen-bond acceptors (Lipinski definition) is 4. The van der Waals surface area contributed by atoms with E-state index in [1.807, 2.05) is 19.2 Å². The zero-order valence-electron chi connectivity index (χ0n) is 10.0. The minimum absolute atomic E-state index is 0.639. The summed E-state index contributed by atoms with van der Waals surface area (Å²) in [7, 11) is 0. The summed E-state index contributed by atoms with van der Waals surface area (Å²) in [6.45, 7) is 2.03. The molecule has 0 spiro atoms. The molecule has 3 rings (SSSR count). The fourth-order valence-electron chi connectivity index (χ4n) is 1.73. The summed E-state index contributed by atoms with van der Waals surface area (Å²) in [6.07, 6.45) is 7.89. The Morgan fingerprint density at radius 3 is 2.50 bits per heavy atom. The summed E-state index contributed by atoms with van der Waals surface area (Å²) >= 11 is 3.43. The van der Waals surface area contributed by atoms with Gasteiger partial charge in [-0.25, -0.2) is 9.97 Å². The van der Waals surface area contributed by atoms with Crippen molar-refractivity contribution in [2.45, 2.75) is 25.7 Å². The van der Waals surface area contributed by atoms with Gasteiger partial charge in [0, 0.05) is 16.6 Å². The summed E-state index contributed by atoms with van der Waals surface area (Å²) in [5, 5.41) is 3.15. The highest BCUT2D eigenvalue weighted by Crippen LogP contribution is 2.38. The monoisotopic (exact) mass is 304 g/mol. The molecule has 0 bridgehead atoms. The van der Waals surface area contributed by atoms with Crippen LogP contribution in [0.2, 0.25) is 0 Å². The zero-order chi connectivity index (χ0) is 12.5. The SMILES string of the molecule is Cc1cc(Nc2cnc(C3CC3)cn2)ncc1Br. The predicted octanol–water partition coefficient (Wildman–Crippen LogP) is 3.56. The van der Waals surface area contributed by atoms with Gasteiger partial charge < -0.3 is 5.32 Å². The van der Waals surface area contributed by atoms with Gasteiger partial charge >= 0.3 is 0 Å². The average molecular weight is 305 g/mol. The Bertz CT molecular complexity index is 564. The molecule has 18 heavy (non-hydrogen) atoms. The van der Waals surface area contributed by atoms with E-state index in [1.165, 1.54) is 12.8 Å². The van der Waals surface area contributed by atoms with Crippen molar-refractivity contribution in [1.29, 1.82) is 0 Å². The lowest BCUT2D eigenvalue weighted by molar-refractivity contribution is 0.989. The van der Waals surface area contributed by atoms with Crippen LogP contribution in [0.4, 0.5) is 11.6 Å². The second-order valence-electron chi connectivity index (χ2n) is 4.54. The third kappa shape index (κ3) is 2.51. The molecule has 0 radical (unpaired) electrons. The molecule has 0 saturated heterocycles. The van der Waals surface area contributed by atoms with Crippen LogP contribution in [-0.4, -0.2) is 15.0 Å². The molecule has 1 aliphatic carbocycles. The van der Waals surface area contributed by atoms with Crippen LogP contribution in [0.25, 0.3) is 0 Å². The van der Waals surface area contributed by atoms with Gasteiger partial charge in [-0.15, -0.1) is 0 Å². The Balaban J connectivity index is 1.76. The molecule has 2 heterocycles. The van der Waals surface area contributed by atoms with E-state index in [4.69, 9.17) is 0 Å². The molecule has 0 atom stereocenters. The van der Waals surface area contributed by atoms with Gasteiger partial charge in [0.2, 0.25) is 0 Å². The third-order valence-corrected chi connectivity index (χ3v) is 3.80. The van der Waals surface area contributed by atoms with Crippen molar-refractivity contribution in [3.8, 4) is 0 Å². The Labute approximate surface area is 114 Å². The zero-order valence-corrected chi connectivity index (χ0v) is 11.6. The first-order chi connectivity index (χ1) is 8.72. The van der Waals surface area contributed by atoms with Crippen molar-refractivity contribution in [1.82, 2.24) is 15.0 Å². The highest BCUT2D eigenvalue weighted by molar-refractivity contribution is 9.10. The van der Waals surface area contributed by atoms with Crippen LogP contribution < -0.4 is 5.32 Å². The summed E-state index contributed by atoms with van der Waals surface area (Å²) in [4.78, 5) is 13.1. The van der Waals surface area contributed by atoms with Gasteiger partial charge in [-0.2, -0.15) is 0 Å². The number of halogens is 1. The first-order valence-electron chi connectivity index (χ1n) is 5.93. The first kappa shape index (κ1) is 11.6. The van der Waals surface area contributed by atoms with Crippen LogP contribution in [0.1, 0.15) is 30.0 Å². The molecule has 5 heteroatoms. The highest BCUT2D eigenvalue weighted by atomic mass is 79.9. The van der Waals surface area contributed by atoms with E-state index in [0.29, 0.717) is 5.92 Å². The van der Waals surface area contributed by atoms with Crippen LogP contribution in [0.15, 0.2) is 29.1 Å². The Kier molecular flexibility index (Phi) is 2.99. The van der Waals surface area contributed by atoms with Crippen molar-refractivity contribution >= 4 is 27.6 Å². The molecule has 1 N–H and O–H groups in total. The lowest BCUT2D eigenvalue weighted by Gasteiger charge is -2.06. The quantitative estimate of drug-likeness (QED) is 0.942. The second-order valence-corrected chi connectivity index (χ2v) is 5.40. The molecule has 1 fully saturated rings. The number of pyridine rings is 1. The molecular formula is C13H13BrN4. The molecule has 1 saturated carbocycles. The molecule has 0 unspecified atom stereocenters. The lowest BCUT2D eigenvalue weighted by Crippen LogP contribution is -1.98. The summed E-state index contributed by atoms with van der Waals surface area (Å²) in [5.41, 5.74) is 2.23. The maximum atomic E-state index is 4.41. The summed E-state index contributed by atoms with van der Waals surface area (Å²) < 4.78 is 1.00. The number of hydrogen-bond donors (Lipinski definition) is 1. The van der Waals surface area contributed by atoms with Gasteiger partial charge in [0.1, 0.15) is 11.6 Å². The van der Waals surface area contributed by atoms with Crippen LogP contribution in [-0.2, 0) is 0 Å². The van der Waals surface area contributed by atoms with Crippen molar-refractivity contribution in [3.05, 3.63) is 40.4 Å². The molecular weight excluding hydrogens is 292 g/mol. The first-order valence-corrected chi connectivity index (χ1v) is 6.73. The van der Waals surface area contributed by atoms with Crippen LogP contribution in [0.3, 0.4) is 0 Å². The average Bonchev–Trinajstić information content (AvgIpc) is 3.19. The molecule has 1 aliphatic rings. The highest BCUT2D eigenvalue weighted by Gasteiger charge is 2.24. The number of aromatic nitrogens is 3. The van der Waals surface area contributed by atoms with E-state index in [0.717, 1.165) is 27.4 Å². The minimum Gasteiger partial charge on any atom is -0.324 e. The largest absolute Gasteiger partial charge is 0.324 e. The lowest BCUT2D eigenvalue weighted by atomic mass is 10.3.